The molecule has 0 spiro atoms. The van der Waals surface area contributed by atoms with Crippen LogP contribution in [0.2, 0.25) is 0 Å². The van der Waals surface area contributed by atoms with Crippen molar-refractivity contribution >= 4 is 22.8 Å². The van der Waals surface area contributed by atoms with E-state index in [0.29, 0.717) is 18.8 Å². The van der Waals surface area contributed by atoms with E-state index in [1.807, 2.05) is 6.92 Å². The van der Waals surface area contributed by atoms with Gasteiger partial charge < -0.3 is 9.47 Å². The van der Waals surface area contributed by atoms with Crippen LogP contribution in [0.4, 0.5) is 0 Å². The third-order valence-electron chi connectivity index (χ3n) is 3.52. The monoisotopic (exact) mass is 317 g/mol. The molecule has 0 aromatic heterocycles. The molecule has 6 heteroatoms. The van der Waals surface area contributed by atoms with Gasteiger partial charge in [-0.25, -0.2) is 0 Å². The lowest BCUT2D eigenvalue weighted by Gasteiger charge is -2.27. The van der Waals surface area contributed by atoms with Crippen LogP contribution in [-0.4, -0.2) is 61.2 Å². The van der Waals surface area contributed by atoms with Crippen molar-refractivity contribution < 1.29 is 19.1 Å². The van der Waals surface area contributed by atoms with Gasteiger partial charge in [-0.15, -0.1) is 0 Å². The molecule has 0 amide bonds. The number of nitrogens with zero attached hydrogens (tertiary/aromatic N) is 1. The van der Waals surface area contributed by atoms with Crippen molar-refractivity contribution in [2.24, 2.45) is 5.92 Å². The second-order valence-electron chi connectivity index (χ2n) is 5.17. The highest BCUT2D eigenvalue weighted by atomic mass is 32.2. The summed E-state index contributed by atoms with van der Waals surface area (Å²) in [5.74, 6) is 0.484. The molecule has 1 rings (SSSR count). The maximum atomic E-state index is 12.0. The van der Waals surface area contributed by atoms with E-state index in [1.54, 1.807) is 6.92 Å². The Morgan fingerprint density at radius 2 is 2.00 bits per heavy atom. The summed E-state index contributed by atoms with van der Waals surface area (Å²) in [5.41, 5.74) is 0. The highest BCUT2D eigenvalue weighted by Gasteiger charge is 2.20. The number of hydrogen-bond acceptors (Lipinski definition) is 6. The number of carbonyl (C=O) groups excluding carboxylic acids is 2. The van der Waals surface area contributed by atoms with Gasteiger partial charge in [-0.1, -0.05) is 11.8 Å². The number of rotatable bonds is 9. The number of carbonyl (C=O) groups is 2. The van der Waals surface area contributed by atoms with Crippen LogP contribution >= 0.6 is 11.8 Å². The van der Waals surface area contributed by atoms with Crippen LogP contribution in [0.15, 0.2) is 0 Å². The summed E-state index contributed by atoms with van der Waals surface area (Å²) in [6.45, 7) is 8.36. The molecular weight excluding hydrogens is 290 g/mol. The first-order valence-electron chi connectivity index (χ1n) is 7.73. The predicted molar refractivity (Wildman–Crippen MR) is 84.4 cm³/mol. The molecule has 1 unspecified atom stereocenters. The first kappa shape index (κ1) is 18.5. The molecule has 5 nitrogen and oxygen atoms in total. The maximum absolute atomic E-state index is 12.0. The van der Waals surface area contributed by atoms with Crippen LogP contribution in [0.3, 0.4) is 0 Å². The summed E-state index contributed by atoms with van der Waals surface area (Å²) in [6.07, 6.45) is 2.52. The standard InChI is InChI=1S/C15H27NO4S/c1-3-20-15(18)14(6-12-21-13(2)17)5-4-7-16-8-10-19-11-9-16/h14H,3-12H2,1-2H3. The van der Waals surface area contributed by atoms with Crippen LogP contribution in [0.1, 0.15) is 33.1 Å². The van der Waals surface area contributed by atoms with Crippen LogP contribution in [0, 0.1) is 5.92 Å². The average molecular weight is 317 g/mol. The zero-order chi connectivity index (χ0) is 15.5. The molecule has 0 aromatic carbocycles. The molecule has 0 bridgehead atoms. The SMILES string of the molecule is CCOC(=O)C(CCCN1CCOCC1)CCSC(C)=O. The van der Waals surface area contributed by atoms with E-state index in [1.165, 1.54) is 11.8 Å². The van der Waals surface area contributed by atoms with Crippen LogP contribution in [0.5, 0.6) is 0 Å². The fourth-order valence-electron chi connectivity index (χ4n) is 2.37. The fourth-order valence-corrected chi connectivity index (χ4v) is 3.06. The Balaban J connectivity index is 2.29. The van der Waals surface area contributed by atoms with Gasteiger partial charge in [0.15, 0.2) is 5.12 Å². The van der Waals surface area contributed by atoms with E-state index in [9.17, 15) is 9.59 Å². The van der Waals surface area contributed by atoms with Crippen molar-refractivity contribution in [1.82, 2.24) is 4.90 Å². The number of hydrogen-bond donors (Lipinski definition) is 0. The second kappa shape index (κ2) is 11.0. The van der Waals surface area contributed by atoms with E-state index in [4.69, 9.17) is 9.47 Å². The Morgan fingerprint density at radius 3 is 2.62 bits per heavy atom. The third kappa shape index (κ3) is 8.44. The maximum Gasteiger partial charge on any atom is 0.308 e. The Morgan fingerprint density at radius 1 is 1.29 bits per heavy atom. The summed E-state index contributed by atoms with van der Waals surface area (Å²) >= 11 is 1.28. The van der Waals surface area contributed by atoms with Crippen molar-refractivity contribution in [3.05, 3.63) is 0 Å². The molecule has 0 radical (unpaired) electrons. The molecule has 1 saturated heterocycles. The minimum atomic E-state index is -0.122. The highest BCUT2D eigenvalue weighted by molar-refractivity contribution is 8.13. The first-order chi connectivity index (χ1) is 10.1. The van der Waals surface area contributed by atoms with E-state index in [-0.39, 0.29) is 17.0 Å². The number of ether oxygens (including phenoxy) is 2. The Bertz CT molecular complexity index is 319. The van der Waals surface area contributed by atoms with Gasteiger partial charge in [-0.05, 0) is 32.7 Å². The predicted octanol–water partition coefficient (Wildman–Crippen LogP) is 1.95. The molecule has 1 fully saturated rings. The zero-order valence-corrected chi connectivity index (χ0v) is 14.0. The fraction of sp³-hybridized carbons (Fsp3) is 0.867. The second-order valence-corrected chi connectivity index (χ2v) is 6.45. The Kier molecular flexibility index (Phi) is 9.70. The molecule has 0 N–H and O–H groups in total. The Labute approximate surface area is 131 Å². The van der Waals surface area contributed by atoms with Gasteiger partial charge in [-0.3, -0.25) is 14.5 Å². The van der Waals surface area contributed by atoms with Crippen molar-refractivity contribution in [2.75, 3.05) is 45.2 Å². The number of morpholine rings is 1. The summed E-state index contributed by atoms with van der Waals surface area (Å²) in [4.78, 5) is 25.3. The van der Waals surface area contributed by atoms with Gasteiger partial charge in [0, 0.05) is 25.8 Å². The minimum absolute atomic E-state index is 0.0853. The van der Waals surface area contributed by atoms with Gasteiger partial charge >= 0.3 is 5.97 Å². The lowest BCUT2D eigenvalue weighted by molar-refractivity contribution is -0.148. The highest BCUT2D eigenvalue weighted by Crippen LogP contribution is 2.18. The quantitative estimate of drug-likeness (QED) is 0.606. The van der Waals surface area contributed by atoms with E-state index >= 15 is 0 Å². The molecule has 1 aliphatic rings. The van der Waals surface area contributed by atoms with Crippen molar-refractivity contribution in [3.63, 3.8) is 0 Å². The Hall–Kier alpha value is -0.590. The molecule has 1 heterocycles. The molecule has 1 aliphatic heterocycles. The van der Waals surface area contributed by atoms with Gasteiger partial charge in [0.05, 0.1) is 25.7 Å². The smallest absolute Gasteiger partial charge is 0.308 e. The summed E-state index contributed by atoms with van der Waals surface area (Å²) < 4.78 is 10.5. The van der Waals surface area contributed by atoms with Crippen molar-refractivity contribution in [1.29, 1.82) is 0 Å². The lowest BCUT2D eigenvalue weighted by Crippen LogP contribution is -2.37. The molecule has 0 aliphatic carbocycles. The molecule has 0 saturated carbocycles. The molecule has 0 aromatic rings. The summed E-state index contributed by atoms with van der Waals surface area (Å²) in [7, 11) is 0. The lowest BCUT2D eigenvalue weighted by atomic mass is 10.0. The largest absolute Gasteiger partial charge is 0.466 e. The summed E-state index contributed by atoms with van der Waals surface area (Å²) in [6, 6.07) is 0. The van der Waals surface area contributed by atoms with Crippen LogP contribution in [-0.2, 0) is 19.1 Å². The van der Waals surface area contributed by atoms with Crippen LogP contribution < -0.4 is 0 Å². The number of esters is 1. The molecule has 21 heavy (non-hydrogen) atoms. The molecule has 1 atom stereocenters. The normalized spacial score (nSPS) is 17.4. The molecular formula is C15H27NO4S. The molecule has 122 valence electrons. The van der Waals surface area contributed by atoms with Gasteiger partial charge in [0.25, 0.3) is 0 Å². The van der Waals surface area contributed by atoms with Gasteiger partial charge in [0.2, 0.25) is 0 Å². The van der Waals surface area contributed by atoms with Gasteiger partial charge in [-0.2, -0.15) is 0 Å². The first-order valence-corrected chi connectivity index (χ1v) is 8.72. The van der Waals surface area contributed by atoms with E-state index < -0.39 is 0 Å². The van der Waals surface area contributed by atoms with Crippen LogP contribution in [0.25, 0.3) is 0 Å². The summed E-state index contributed by atoms with van der Waals surface area (Å²) in [5, 5.41) is 0.103. The average Bonchev–Trinajstić information content (AvgIpc) is 2.46. The third-order valence-corrected chi connectivity index (χ3v) is 4.37. The minimum Gasteiger partial charge on any atom is -0.466 e. The van der Waals surface area contributed by atoms with Gasteiger partial charge in [0.1, 0.15) is 0 Å². The van der Waals surface area contributed by atoms with E-state index in [2.05, 4.69) is 4.90 Å². The van der Waals surface area contributed by atoms with Crippen molar-refractivity contribution in [2.45, 2.75) is 33.1 Å². The number of thioether (sulfide) groups is 1. The van der Waals surface area contributed by atoms with E-state index in [0.717, 1.165) is 45.7 Å². The topological polar surface area (TPSA) is 55.8 Å². The zero-order valence-electron chi connectivity index (χ0n) is 13.1. The van der Waals surface area contributed by atoms with Crippen molar-refractivity contribution in [3.8, 4) is 0 Å².